The minimum atomic E-state index is -3.60. The first kappa shape index (κ1) is 15.4. The molecule has 8 heteroatoms. The van der Waals surface area contributed by atoms with Crippen molar-refractivity contribution >= 4 is 27.3 Å². The van der Waals surface area contributed by atoms with Crippen LogP contribution in [-0.4, -0.2) is 50.0 Å². The Morgan fingerprint density at radius 3 is 2.70 bits per heavy atom. The van der Waals surface area contributed by atoms with Crippen LogP contribution in [0.25, 0.3) is 0 Å². The number of amides is 1. The fraction of sp³-hybridized carbons (Fsp3) is 0.583. The Morgan fingerprint density at radius 1 is 1.35 bits per heavy atom. The van der Waals surface area contributed by atoms with Gasteiger partial charge in [-0.25, -0.2) is 8.42 Å². The van der Waals surface area contributed by atoms with E-state index in [0.717, 1.165) is 30.6 Å². The molecule has 1 aromatic heterocycles. The molecule has 1 amide bonds. The van der Waals surface area contributed by atoms with Crippen molar-refractivity contribution in [2.24, 2.45) is 0 Å². The largest absolute Gasteiger partial charge is 0.395 e. The number of aliphatic hydroxyl groups is 1. The number of piperidine rings is 1. The number of carbonyl (C=O) groups is 1. The Labute approximate surface area is 122 Å². The van der Waals surface area contributed by atoms with E-state index >= 15 is 0 Å². The van der Waals surface area contributed by atoms with Crippen molar-refractivity contribution in [3.05, 3.63) is 16.3 Å². The standard InChI is InChI=1S/C12H18N2O4S2/c15-8-5-13-12(16)11-10(4-9-19-11)20(17,18)14-6-2-1-3-7-14/h4,9,15H,1-3,5-8H2,(H,13,16). The minimum absolute atomic E-state index is 0.0693. The van der Waals surface area contributed by atoms with E-state index in [1.165, 1.54) is 10.4 Å². The number of nitrogens with zero attached hydrogens (tertiary/aromatic N) is 1. The zero-order valence-corrected chi connectivity index (χ0v) is 12.7. The first-order valence-corrected chi connectivity index (χ1v) is 8.86. The normalized spacial score (nSPS) is 17.1. The van der Waals surface area contributed by atoms with Crippen LogP contribution >= 0.6 is 11.3 Å². The van der Waals surface area contributed by atoms with Crippen molar-refractivity contribution in [2.45, 2.75) is 24.2 Å². The van der Waals surface area contributed by atoms with E-state index in [9.17, 15) is 13.2 Å². The van der Waals surface area contributed by atoms with Gasteiger partial charge in [0.1, 0.15) is 9.77 Å². The number of rotatable bonds is 5. The van der Waals surface area contributed by atoms with E-state index in [-0.39, 0.29) is 22.9 Å². The first-order chi connectivity index (χ1) is 9.57. The SMILES string of the molecule is O=C(NCCO)c1sccc1S(=O)(=O)N1CCCCC1. The molecule has 1 aliphatic rings. The lowest BCUT2D eigenvalue weighted by atomic mass is 10.2. The predicted octanol–water partition coefficient (Wildman–Crippen LogP) is 0.645. The van der Waals surface area contributed by atoms with E-state index in [2.05, 4.69) is 5.32 Å². The van der Waals surface area contributed by atoms with Gasteiger partial charge in [0.15, 0.2) is 0 Å². The summed E-state index contributed by atoms with van der Waals surface area (Å²) in [6.07, 6.45) is 2.75. The second kappa shape index (κ2) is 6.66. The van der Waals surface area contributed by atoms with Gasteiger partial charge < -0.3 is 10.4 Å². The number of nitrogens with one attached hydrogen (secondary N) is 1. The zero-order valence-electron chi connectivity index (χ0n) is 11.0. The summed E-state index contributed by atoms with van der Waals surface area (Å²) in [4.78, 5) is 12.2. The topological polar surface area (TPSA) is 86.7 Å². The number of aliphatic hydroxyl groups excluding tert-OH is 1. The lowest BCUT2D eigenvalue weighted by Gasteiger charge is -2.25. The molecule has 20 heavy (non-hydrogen) atoms. The number of carbonyl (C=O) groups excluding carboxylic acids is 1. The van der Waals surface area contributed by atoms with Crippen LogP contribution < -0.4 is 5.32 Å². The summed E-state index contributed by atoms with van der Waals surface area (Å²) >= 11 is 1.10. The van der Waals surface area contributed by atoms with E-state index < -0.39 is 15.9 Å². The Bertz CT molecular complexity index is 562. The minimum Gasteiger partial charge on any atom is -0.395 e. The lowest BCUT2D eigenvalue weighted by molar-refractivity contribution is 0.0945. The lowest BCUT2D eigenvalue weighted by Crippen LogP contribution is -2.36. The van der Waals surface area contributed by atoms with Gasteiger partial charge in [-0.15, -0.1) is 11.3 Å². The van der Waals surface area contributed by atoms with Crippen LogP contribution in [0.15, 0.2) is 16.3 Å². The molecule has 0 aromatic carbocycles. The van der Waals surface area contributed by atoms with Gasteiger partial charge in [0.05, 0.1) is 6.61 Å². The highest BCUT2D eigenvalue weighted by Gasteiger charge is 2.30. The Balaban J connectivity index is 2.24. The second-order valence-electron chi connectivity index (χ2n) is 4.56. The monoisotopic (exact) mass is 318 g/mol. The third kappa shape index (κ3) is 3.20. The molecule has 0 radical (unpaired) electrons. The summed E-state index contributed by atoms with van der Waals surface area (Å²) in [6.45, 7) is 0.955. The molecule has 0 spiro atoms. The summed E-state index contributed by atoms with van der Waals surface area (Å²) in [6, 6.07) is 1.47. The predicted molar refractivity (Wildman–Crippen MR) is 76.3 cm³/mol. The summed E-state index contributed by atoms with van der Waals surface area (Å²) in [7, 11) is -3.60. The van der Waals surface area contributed by atoms with Crippen LogP contribution in [0.1, 0.15) is 28.9 Å². The van der Waals surface area contributed by atoms with Crippen LogP contribution in [0.3, 0.4) is 0 Å². The smallest absolute Gasteiger partial charge is 0.262 e. The van der Waals surface area contributed by atoms with Crippen molar-refractivity contribution in [3.63, 3.8) is 0 Å². The fourth-order valence-corrected chi connectivity index (χ4v) is 4.99. The summed E-state index contributed by atoms with van der Waals surface area (Å²) < 4.78 is 26.5. The van der Waals surface area contributed by atoms with Gasteiger partial charge in [0.2, 0.25) is 10.0 Å². The van der Waals surface area contributed by atoms with Gasteiger partial charge in [0, 0.05) is 19.6 Å². The van der Waals surface area contributed by atoms with Crippen LogP contribution in [0.2, 0.25) is 0 Å². The fourth-order valence-electron chi connectivity index (χ4n) is 2.16. The van der Waals surface area contributed by atoms with E-state index in [4.69, 9.17) is 5.11 Å². The van der Waals surface area contributed by atoms with Crippen LogP contribution in [0, 0.1) is 0 Å². The number of hydrogen-bond donors (Lipinski definition) is 2. The number of thiophene rings is 1. The molecule has 1 saturated heterocycles. The van der Waals surface area contributed by atoms with Gasteiger partial charge in [-0.2, -0.15) is 4.31 Å². The van der Waals surface area contributed by atoms with Gasteiger partial charge in [-0.1, -0.05) is 6.42 Å². The van der Waals surface area contributed by atoms with Crippen LogP contribution in [0.5, 0.6) is 0 Å². The van der Waals surface area contributed by atoms with E-state index in [1.54, 1.807) is 5.38 Å². The average Bonchev–Trinajstić information content (AvgIpc) is 2.96. The Morgan fingerprint density at radius 2 is 2.05 bits per heavy atom. The third-order valence-corrected chi connectivity index (χ3v) is 6.15. The molecule has 0 aliphatic carbocycles. The summed E-state index contributed by atoms with van der Waals surface area (Å²) in [5, 5.41) is 12.8. The maximum atomic E-state index is 12.6. The van der Waals surface area contributed by atoms with Crippen LogP contribution in [-0.2, 0) is 10.0 Å². The molecular formula is C12H18N2O4S2. The van der Waals surface area contributed by atoms with Crippen LogP contribution in [0.4, 0.5) is 0 Å². The highest BCUT2D eigenvalue weighted by Crippen LogP contribution is 2.27. The van der Waals surface area contributed by atoms with Crippen molar-refractivity contribution in [1.29, 1.82) is 0 Å². The Hall–Kier alpha value is -0.960. The second-order valence-corrected chi connectivity index (χ2v) is 7.38. The van der Waals surface area contributed by atoms with E-state index in [0.29, 0.717) is 13.1 Å². The van der Waals surface area contributed by atoms with Crippen molar-refractivity contribution in [2.75, 3.05) is 26.2 Å². The molecule has 0 atom stereocenters. The molecule has 0 bridgehead atoms. The zero-order chi connectivity index (χ0) is 14.6. The van der Waals surface area contributed by atoms with Crippen molar-refractivity contribution in [1.82, 2.24) is 9.62 Å². The van der Waals surface area contributed by atoms with Gasteiger partial charge >= 0.3 is 0 Å². The first-order valence-electron chi connectivity index (χ1n) is 6.54. The number of hydrogen-bond acceptors (Lipinski definition) is 5. The third-order valence-electron chi connectivity index (χ3n) is 3.17. The van der Waals surface area contributed by atoms with Crippen molar-refractivity contribution in [3.8, 4) is 0 Å². The van der Waals surface area contributed by atoms with E-state index in [1.807, 2.05) is 0 Å². The number of sulfonamides is 1. The molecule has 1 aromatic rings. The average molecular weight is 318 g/mol. The molecule has 0 unspecified atom stereocenters. The highest BCUT2D eigenvalue weighted by atomic mass is 32.2. The molecule has 2 heterocycles. The van der Waals surface area contributed by atoms with Gasteiger partial charge in [0.25, 0.3) is 5.91 Å². The Kier molecular flexibility index (Phi) is 5.14. The molecule has 0 saturated carbocycles. The molecule has 6 nitrogen and oxygen atoms in total. The molecule has 2 rings (SSSR count). The molecule has 1 aliphatic heterocycles. The maximum Gasteiger partial charge on any atom is 0.262 e. The van der Waals surface area contributed by atoms with Crippen molar-refractivity contribution < 1.29 is 18.3 Å². The molecule has 1 fully saturated rings. The van der Waals surface area contributed by atoms with Gasteiger partial charge in [-0.05, 0) is 24.3 Å². The molecular weight excluding hydrogens is 300 g/mol. The van der Waals surface area contributed by atoms with Gasteiger partial charge in [-0.3, -0.25) is 4.79 Å². The summed E-state index contributed by atoms with van der Waals surface area (Å²) in [5.74, 6) is -0.454. The quantitative estimate of drug-likeness (QED) is 0.834. The molecule has 2 N–H and O–H groups in total. The molecule has 112 valence electrons. The summed E-state index contributed by atoms with van der Waals surface area (Å²) in [5.41, 5.74) is 0. The maximum absolute atomic E-state index is 12.6. The highest BCUT2D eigenvalue weighted by molar-refractivity contribution is 7.89.